The Morgan fingerprint density at radius 1 is 1.23 bits per heavy atom. The number of nitrogens with zero attached hydrogens (tertiary/aromatic N) is 1. The Bertz CT molecular complexity index is 974. The molecule has 1 aliphatic carbocycles. The molecule has 5 N–H and O–H groups in total. The van der Waals surface area contributed by atoms with E-state index in [1.807, 2.05) is 13.1 Å². The number of hydrogen-bond donors (Lipinski definition) is 5. The number of alkyl halides is 1. The second-order valence-electron chi connectivity index (χ2n) is 8.48. The van der Waals surface area contributed by atoms with Gasteiger partial charge in [0, 0.05) is 24.9 Å². The fraction of sp³-hybridized carbons (Fsp3) is 0.500. The van der Waals surface area contributed by atoms with Crippen molar-refractivity contribution in [3.05, 3.63) is 52.9 Å². The maximum atomic E-state index is 15.6. The number of hydrogen-bond acceptors (Lipinski definition) is 5. The number of aromatic nitrogens is 2. The predicted molar refractivity (Wildman–Crippen MR) is 110 cm³/mol. The van der Waals surface area contributed by atoms with Crippen molar-refractivity contribution in [3.8, 4) is 5.75 Å². The molecule has 5 atom stereocenters. The molecule has 5 rings (SSSR count). The van der Waals surface area contributed by atoms with Crippen LogP contribution in [-0.2, 0) is 6.42 Å². The minimum absolute atomic E-state index is 0.0537. The Morgan fingerprint density at radius 3 is 2.87 bits per heavy atom. The van der Waals surface area contributed by atoms with Crippen molar-refractivity contribution in [2.24, 2.45) is 5.92 Å². The van der Waals surface area contributed by atoms with E-state index >= 15 is 4.39 Å². The molecular weight excluding hydrogens is 388 g/mol. The molecule has 0 spiro atoms. The highest BCUT2D eigenvalue weighted by Crippen LogP contribution is 2.46. The molecule has 3 aliphatic rings. The van der Waals surface area contributed by atoms with Crippen LogP contribution in [0.15, 0.2) is 24.4 Å². The Kier molecular flexibility index (Phi) is 5.08. The van der Waals surface area contributed by atoms with E-state index in [0.29, 0.717) is 18.4 Å². The van der Waals surface area contributed by atoms with Crippen LogP contribution in [0.4, 0.5) is 8.78 Å². The van der Waals surface area contributed by atoms with E-state index in [-0.39, 0.29) is 23.8 Å². The van der Waals surface area contributed by atoms with Gasteiger partial charge >= 0.3 is 0 Å². The fourth-order valence-electron chi connectivity index (χ4n) is 5.26. The number of aryl methyl sites for hydroxylation is 1. The third-order valence-electron chi connectivity index (χ3n) is 6.87. The summed E-state index contributed by atoms with van der Waals surface area (Å²) in [7, 11) is 0. The standard InChI is InChI=1S/C22H27F2N5O/c1-2-11-7-18(30)16(23)8-15(11)13-3-4-14-20(19(13)24)28-29-21(14)22-26-10-17(27-22)12-5-6-25-9-12/h5,7-8,10,13-14,19-21,25,28-30H,2-4,6,9H2,1H3,(H,26,27). The van der Waals surface area contributed by atoms with Crippen LogP contribution in [0, 0.1) is 11.7 Å². The number of rotatable bonds is 4. The molecule has 2 aliphatic heterocycles. The summed E-state index contributed by atoms with van der Waals surface area (Å²) in [5, 5.41) is 13.0. The molecule has 160 valence electrons. The van der Waals surface area contributed by atoms with E-state index in [1.54, 1.807) is 0 Å². The number of aromatic amines is 1. The van der Waals surface area contributed by atoms with Crippen molar-refractivity contribution in [3.63, 3.8) is 0 Å². The van der Waals surface area contributed by atoms with Gasteiger partial charge in [0.05, 0.1) is 24.0 Å². The first-order valence-corrected chi connectivity index (χ1v) is 10.7. The van der Waals surface area contributed by atoms with Crippen LogP contribution in [0.25, 0.3) is 5.57 Å². The van der Waals surface area contributed by atoms with Crippen molar-refractivity contribution in [1.29, 1.82) is 0 Å². The van der Waals surface area contributed by atoms with Gasteiger partial charge in [-0.25, -0.2) is 19.2 Å². The smallest absolute Gasteiger partial charge is 0.165 e. The van der Waals surface area contributed by atoms with Crippen molar-refractivity contribution in [2.45, 2.75) is 50.4 Å². The van der Waals surface area contributed by atoms with Gasteiger partial charge in [0.25, 0.3) is 0 Å². The first kappa shape index (κ1) is 19.7. The fourth-order valence-corrected chi connectivity index (χ4v) is 5.26. The summed E-state index contributed by atoms with van der Waals surface area (Å²) in [6.45, 7) is 3.62. The third kappa shape index (κ3) is 3.23. The second kappa shape index (κ2) is 7.76. The Morgan fingerprint density at radius 2 is 2.10 bits per heavy atom. The van der Waals surface area contributed by atoms with Gasteiger partial charge in [0.15, 0.2) is 11.6 Å². The maximum absolute atomic E-state index is 15.6. The lowest BCUT2D eigenvalue weighted by Gasteiger charge is -2.36. The number of imidazole rings is 1. The zero-order chi connectivity index (χ0) is 20.8. The summed E-state index contributed by atoms with van der Waals surface area (Å²) in [5.41, 5.74) is 10.1. The summed E-state index contributed by atoms with van der Waals surface area (Å²) >= 11 is 0. The summed E-state index contributed by atoms with van der Waals surface area (Å²) in [4.78, 5) is 7.96. The van der Waals surface area contributed by atoms with Crippen molar-refractivity contribution >= 4 is 5.57 Å². The zero-order valence-electron chi connectivity index (χ0n) is 16.9. The summed E-state index contributed by atoms with van der Waals surface area (Å²) in [5.74, 6) is -0.593. The molecule has 1 saturated carbocycles. The third-order valence-corrected chi connectivity index (χ3v) is 6.87. The second-order valence-corrected chi connectivity index (χ2v) is 8.48. The normalized spacial score (nSPS) is 31.0. The van der Waals surface area contributed by atoms with Crippen LogP contribution in [0.5, 0.6) is 5.75 Å². The van der Waals surface area contributed by atoms with Crippen molar-refractivity contribution in [1.82, 2.24) is 26.1 Å². The number of nitrogens with one attached hydrogen (secondary N) is 4. The Hall–Kier alpha value is -2.29. The van der Waals surface area contributed by atoms with Crippen LogP contribution in [-0.4, -0.2) is 40.4 Å². The average molecular weight is 415 g/mol. The predicted octanol–water partition coefficient (Wildman–Crippen LogP) is 2.85. The van der Waals surface area contributed by atoms with Crippen LogP contribution in [0.1, 0.15) is 54.4 Å². The number of phenols is 1. The number of hydrazine groups is 1. The molecule has 1 aromatic carbocycles. The van der Waals surface area contributed by atoms with Gasteiger partial charge in [0.2, 0.25) is 0 Å². The molecule has 2 aromatic rings. The average Bonchev–Trinajstić information content (AvgIpc) is 3.49. The largest absolute Gasteiger partial charge is 0.505 e. The lowest BCUT2D eigenvalue weighted by atomic mass is 9.71. The summed E-state index contributed by atoms with van der Waals surface area (Å²) < 4.78 is 29.7. The Labute approximate surface area is 174 Å². The topological polar surface area (TPSA) is 85.0 Å². The number of fused-ring (bicyclic) bond motifs is 1. The van der Waals surface area contributed by atoms with Gasteiger partial charge in [-0.15, -0.1) is 0 Å². The Balaban J connectivity index is 1.37. The maximum Gasteiger partial charge on any atom is 0.165 e. The van der Waals surface area contributed by atoms with Gasteiger partial charge in [-0.2, -0.15) is 0 Å². The molecule has 6 nitrogen and oxygen atoms in total. The van der Waals surface area contributed by atoms with Gasteiger partial charge in [-0.05, 0) is 48.1 Å². The van der Waals surface area contributed by atoms with Crippen molar-refractivity contribution < 1.29 is 13.9 Å². The number of phenolic OH excluding ortho intramolecular Hbond substituents is 1. The van der Waals surface area contributed by atoms with Crippen LogP contribution < -0.4 is 16.2 Å². The summed E-state index contributed by atoms with van der Waals surface area (Å²) in [6, 6.07) is 2.27. The van der Waals surface area contributed by atoms with Gasteiger partial charge in [-0.1, -0.05) is 13.0 Å². The minimum Gasteiger partial charge on any atom is -0.505 e. The van der Waals surface area contributed by atoms with Gasteiger partial charge in [-0.3, -0.25) is 5.43 Å². The molecule has 5 unspecified atom stereocenters. The van der Waals surface area contributed by atoms with E-state index in [9.17, 15) is 9.50 Å². The van der Waals surface area contributed by atoms with Crippen LogP contribution in [0.3, 0.4) is 0 Å². The molecule has 2 fully saturated rings. The molecule has 3 heterocycles. The minimum atomic E-state index is -1.16. The summed E-state index contributed by atoms with van der Waals surface area (Å²) in [6.07, 6.45) is 4.87. The zero-order valence-corrected chi connectivity index (χ0v) is 16.9. The highest BCUT2D eigenvalue weighted by atomic mass is 19.1. The van der Waals surface area contributed by atoms with Gasteiger partial charge < -0.3 is 15.4 Å². The highest BCUT2D eigenvalue weighted by molar-refractivity contribution is 5.65. The molecule has 0 amide bonds. The molecule has 30 heavy (non-hydrogen) atoms. The molecule has 1 aromatic heterocycles. The van der Waals surface area contributed by atoms with Gasteiger partial charge in [0.1, 0.15) is 12.0 Å². The number of aromatic hydroxyl groups is 1. The quantitative estimate of drug-likeness (QED) is 0.530. The molecule has 8 heteroatoms. The SMILES string of the molecule is CCc1cc(O)c(F)cc1C1CCC2C(c3ncc(C4=CCNC4)[nH]3)NNC2C1F. The van der Waals surface area contributed by atoms with E-state index in [1.165, 1.54) is 17.7 Å². The first-order chi connectivity index (χ1) is 14.6. The van der Waals surface area contributed by atoms with Crippen molar-refractivity contribution in [2.75, 3.05) is 13.1 Å². The highest BCUT2D eigenvalue weighted by Gasteiger charge is 2.48. The van der Waals surface area contributed by atoms with E-state index in [2.05, 4.69) is 32.2 Å². The first-order valence-electron chi connectivity index (χ1n) is 10.7. The monoisotopic (exact) mass is 415 g/mol. The lowest BCUT2D eigenvalue weighted by molar-refractivity contribution is 0.134. The number of halogens is 2. The molecule has 0 bridgehead atoms. The van der Waals surface area contributed by atoms with Crippen LogP contribution >= 0.6 is 0 Å². The van der Waals surface area contributed by atoms with E-state index in [0.717, 1.165) is 36.6 Å². The number of H-pyrrole nitrogens is 1. The molecular formula is C22H27F2N5O. The molecule has 1 saturated heterocycles. The number of benzene rings is 1. The van der Waals surface area contributed by atoms with Crippen LogP contribution in [0.2, 0.25) is 0 Å². The lowest BCUT2D eigenvalue weighted by Crippen LogP contribution is -2.45. The van der Waals surface area contributed by atoms with E-state index < -0.39 is 17.9 Å². The molecule has 0 radical (unpaired) electrons. The van der Waals surface area contributed by atoms with E-state index in [4.69, 9.17) is 0 Å².